The molecule has 0 aromatic carbocycles. The molecular formula is C21H41NO3. The summed E-state index contributed by atoms with van der Waals surface area (Å²) >= 11 is 0. The van der Waals surface area contributed by atoms with Crippen LogP contribution in [0.3, 0.4) is 0 Å². The number of aliphatic carboxylic acids is 1. The van der Waals surface area contributed by atoms with Crippen LogP contribution in [0.1, 0.15) is 91.9 Å². The molecule has 0 saturated heterocycles. The molecule has 0 rings (SSSR count). The van der Waals surface area contributed by atoms with E-state index in [1.54, 1.807) is 0 Å². The Morgan fingerprint density at radius 2 is 1.52 bits per heavy atom. The molecule has 0 aliphatic carbocycles. The minimum absolute atomic E-state index is 0.352. The summed E-state index contributed by atoms with van der Waals surface area (Å²) in [4.78, 5) is 11.9. The van der Waals surface area contributed by atoms with E-state index in [0.29, 0.717) is 23.2 Å². The molecule has 0 fully saturated rings. The van der Waals surface area contributed by atoms with Crippen LogP contribution >= 0.6 is 0 Å². The summed E-state index contributed by atoms with van der Waals surface area (Å²) in [7, 11) is 0. The number of carbonyl (C=O) groups is 1. The summed E-state index contributed by atoms with van der Waals surface area (Å²) in [5, 5.41) is 22.4. The summed E-state index contributed by atoms with van der Waals surface area (Å²) in [5.74, 6) is -0.612. The number of aliphatic hydroxyl groups excluding tert-OH is 1. The molecule has 0 aliphatic rings. The van der Waals surface area contributed by atoms with Gasteiger partial charge < -0.3 is 19.5 Å². The highest BCUT2D eigenvalue weighted by molar-refractivity contribution is 5.69. The number of unbranched alkanes of at least 4 members (excludes halogenated alkanes) is 5. The molecule has 148 valence electrons. The predicted molar refractivity (Wildman–Crippen MR) is 103 cm³/mol. The van der Waals surface area contributed by atoms with E-state index < -0.39 is 12.0 Å². The molecule has 1 N–H and O–H groups in total. The molecular weight excluding hydrogens is 314 g/mol. The van der Waals surface area contributed by atoms with Gasteiger partial charge in [0.25, 0.3) is 0 Å². The van der Waals surface area contributed by atoms with E-state index in [1.807, 2.05) is 13.0 Å². The number of aliphatic hydroxyl groups is 1. The van der Waals surface area contributed by atoms with Gasteiger partial charge in [-0.15, -0.1) is 0 Å². The second-order valence-electron chi connectivity index (χ2n) is 7.35. The topological polar surface area (TPSA) is 60.4 Å². The number of carboxylic acids is 1. The van der Waals surface area contributed by atoms with Crippen molar-refractivity contribution in [2.45, 2.75) is 97.9 Å². The Balaban J connectivity index is 5.44. The fraction of sp³-hybridized carbons (Fsp3) is 0.857. The predicted octanol–water partition coefficient (Wildman–Crippen LogP) is 4.34. The second kappa shape index (κ2) is 14.2. The molecule has 1 unspecified atom stereocenters. The second-order valence-corrected chi connectivity index (χ2v) is 7.35. The molecule has 4 heteroatoms. The molecule has 1 atom stereocenters. The molecule has 4 nitrogen and oxygen atoms in total. The average molecular weight is 356 g/mol. The number of carbonyl (C=O) groups excluding carboxylic acids is 1. The Labute approximate surface area is 155 Å². The zero-order valence-corrected chi connectivity index (χ0v) is 17.1. The van der Waals surface area contributed by atoms with Gasteiger partial charge in [0.1, 0.15) is 18.3 Å². The molecule has 0 aromatic rings. The van der Waals surface area contributed by atoms with E-state index in [4.69, 9.17) is 0 Å². The fourth-order valence-corrected chi connectivity index (χ4v) is 3.58. The molecule has 0 aliphatic heterocycles. The van der Waals surface area contributed by atoms with Crippen molar-refractivity contribution in [3.8, 4) is 0 Å². The first-order chi connectivity index (χ1) is 12.0. The smallest absolute Gasteiger partial charge is 0.143 e. The third-order valence-corrected chi connectivity index (χ3v) is 5.07. The van der Waals surface area contributed by atoms with E-state index in [-0.39, 0.29) is 0 Å². The lowest BCUT2D eigenvalue weighted by Crippen LogP contribution is -2.63. The van der Waals surface area contributed by atoms with Gasteiger partial charge in [0.05, 0.1) is 19.1 Å². The normalized spacial score (nSPS) is 13.8. The van der Waals surface area contributed by atoms with Crippen molar-refractivity contribution in [1.29, 1.82) is 0 Å². The van der Waals surface area contributed by atoms with E-state index in [2.05, 4.69) is 20.8 Å². The zero-order valence-electron chi connectivity index (χ0n) is 17.1. The van der Waals surface area contributed by atoms with Crippen LogP contribution in [0, 0.1) is 0 Å². The van der Waals surface area contributed by atoms with Crippen molar-refractivity contribution < 1.29 is 19.5 Å². The number of quaternary nitrogens is 1. The largest absolute Gasteiger partial charge is 0.544 e. The van der Waals surface area contributed by atoms with Gasteiger partial charge in [-0.1, -0.05) is 59.8 Å². The third-order valence-electron chi connectivity index (χ3n) is 5.07. The van der Waals surface area contributed by atoms with Crippen LogP contribution in [0.4, 0.5) is 0 Å². The highest BCUT2D eigenvalue weighted by atomic mass is 16.4. The summed E-state index contributed by atoms with van der Waals surface area (Å²) < 4.78 is 0.438. The van der Waals surface area contributed by atoms with Gasteiger partial charge in [-0.2, -0.15) is 0 Å². The van der Waals surface area contributed by atoms with Gasteiger partial charge in [-0.3, -0.25) is 0 Å². The quantitative estimate of drug-likeness (QED) is 0.254. The van der Waals surface area contributed by atoms with Gasteiger partial charge in [0, 0.05) is 6.42 Å². The number of rotatable bonds is 16. The SMILES string of the molecule is CCCCC/C=C(/O)C[N+](CCCC)(CCCC)C(CCC)C(=O)[O-]. The number of allylic oxidation sites excluding steroid dienone is 1. The highest BCUT2D eigenvalue weighted by Gasteiger charge is 2.37. The lowest BCUT2D eigenvalue weighted by molar-refractivity contribution is -0.942. The Morgan fingerprint density at radius 1 is 0.960 bits per heavy atom. The first kappa shape index (κ1) is 24.0. The highest BCUT2D eigenvalue weighted by Crippen LogP contribution is 2.24. The maximum Gasteiger partial charge on any atom is 0.143 e. The van der Waals surface area contributed by atoms with Crippen molar-refractivity contribution in [3.63, 3.8) is 0 Å². The van der Waals surface area contributed by atoms with Crippen LogP contribution in [-0.4, -0.2) is 41.2 Å². The summed E-state index contributed by atoms with van der Waals surface area (Å²) in [6, 6.07) is -0.533. The van der Waals surface area contributed by atoms with Crippen molar-refractivity contribution in [3.05, 3.63) is 11.8 Å². The third kappa shape index (κ3) is 9.29. The van der Waals surface area contributed by atoms with E-state index in [1.165, 1.54) is 0 Å². The van der Waals surface area contributed by atoms with Gasteiger partial charge in [0.15, 0.2) is 0 Å². The number of carboxylic acid groups (broad SMARTS) is 1. The van der Waals surface area contributed by atoms with Crippen LogP contribution in [0.2, 0.25) is 0 Å². The van der Waals surface area contributed by atoms with Gasteiger partial charge in [0.2, 0.25) is 0 Å². The first-order valence-electron chi connectivity index (χ1n) is 10.4. The summed E-state index contributed by atoms with van der Waals surface area (Å²) in [6.07, 6.45) is 11.6. The summed E-state index contributed by atoms with van der Waals surface area (Å²) in [5.41, 5.74) is 0. The lowest BCUT2D eigenvalue weighted by atomic mass is 10.0. The molecule has 0 spiro atoms. The molecule has 0 bridgehead atoms. The first-order valence-corrected chi connectivity index (χ1v) is 10.4. The van der Waals surface area contributed by atoms with Crippen molar-refractivity contribution >= 4 is 5.97 Å². The van der Waals surface area contributed by atoms with Crippen LogP contribution in [0.5, 0.6) is 0 Å². The van der Waals surface area contributed by atoms with Crippen LogP contribution in [0.15, 0.2) is 11.8 Å². The molecule has 0 aromatic heterocycles. The van der Waals surface area contributed by atoms with Gasteiger partial charge in [-0.25, -0.2) is 0 Å². The molecule has 0 heterocycles. The van der Waals surface area contributed by atoms with E-state index in [0.717, 1.165) is 70.9 Å². The summed E-state index contributed by atoms with van der Waals surface area (Å²) in [6.45, 7) is 10.4. The molecule has 25 heavy (non-hydrogen) atoms. The molecule has 0 amide bonds. The number of hydrogen-bond acceptors (Lipinski definition) is 3. The van der Waals surface area contributed by atoms with Gasteiger partial charge in [-0.05, 0) is 31.8 Å². The number of hydrogen-bond donors (Lipinski definition) is 1. The van der Waals surface area contributed by atoms with Crippen LogP contribution in [0.25, 0.3) is 0 Å². The average Bonchev–Trinajstić information content (AvgIpc) is 2.59. The van der Waals surface area contributed by atoms with Crippen LogP contribution in [-0.2, 0) is 4.79 Å². The standard InChI is InChI=1S/C21H41NO3/c1-5-9-12-13-15-19(23)18-22(16-10-6-2,17-11-7-3)20(14-8-4)21(24)25/h15,20H,5-14,16-18H2,1-4H3,(H-,23,24,25)/b19-15+. The Hall–Kier alpha value is -1.03. The minimum atomic E-state index is -0.965. The van der Waals surface area contributed by atoms with Crippen molar-refractivity contribution in [2.24, 2.45) is 0 Å². The Morgan fingerprint density at radius 3 is 1.96 bits per heavy atom. The maximum atomic E-state index is 11.9. The van der Waals surface area contributed by atoms with E-state index in [9.17, 15) is 15.0 Å². The van der Waals surface area contributed by atoms with Crippen molar-refractivity contribution in [2.75, 3.05) is 19.6 Å². The zero-order chi connectivity index (χ0) is 19.1. The fourth-order valence-electron chi connectivity index (χ4n) is 3.58. The molecule has 0 radical (unpaired) electrons. The maximum absolute atomic E-state index is 11.9. The monoisotopic (exact) mass is 355 g/mol. The van der Waals surface area contributed by atoms with Gasteiger partial charge >= 0.3 is 0 Å². The Kier molecular flexibility index (Phi) is 13.6. The minimum Gasteiger partial charge on any atom is -0.544 e. The van der Waals surface area contributed by atoms with Crippen molar-refractivity contribution in [1.82, 2.24) is 0 Å². The Bertz CT molecular complexity index is 371. The number of nitrogens with zero attached hydrogens (tertiary/aromatic N) is 1. The molecule has 0 saturated carbocycles. The van der Waals surface area contributed by atoms with E-state index >= 15 is 0 Å². The van der Waals surface area contributed by atoms with Crippen LogP contribution < -0.4 is 5.11 Å². The lowest BCUT2D eigenvalue weighted by Gasteiger charge is -2.45.